The van der Waals surface area contributed by atoms with Gasteiger partial charge >= 0.3 is 0 Å². The molecular formula is C14H16Cl2. The van der Waals surface area contributed by atoms with E-state index in [1.165, 1.54) is 5.56 Å². The molecule has 3 unspecified atom stereocenters. The van der Waals surface area contributed by atoms with E-state index in [9.17, 15) is 0 Å². The van der Waals surface area contributed by atoms with Crippen LogP contribution in [-0.4, -0.2) is 4.87 Å². The lowest BCUT2D eigenvalue weighted by atomic mass is 10.0. The van der Waals surface area contributed by atoms with Crippen molar-refractivity contribution in [2.75, 3.05) is 0 Å². The van der Waals surface area contributed by atoms with Crippen LogP contribution in [0.1, 0.15) is 30.9 Å². The number of benzene rings is 1. The second kappa shape index (κ2) is 3.78. The third-order valence-corrected chi connectivity index (χ3v) is 4.40. The van der Waals surface area contributed by atoms with E-state index in [4.69, 9.17) is 23.2 Å². The van der Waals surface area contributed by atoms with Crippen molar-refractivity contribution in [3.8, 4) is 0 Å². The van der Waals surface area contributed by atoms with E-state index in [1.807, 2.05) is 19.9 Å². The highest BCUT2D eigenvalue weighted by Gasteiger charge is 2.61. The highest BCUT2D eigenvalue weighted by Crippen LogP contribution is 2.64. The normalized spacial score (nSPS) is 32.6. The van der Waals surface area contributed by atoms with Crippen molar-refractivity contribution in [1.82, 2.24) is 0 Å². The average molecular weight is 255 g/mol. The second-order valence-corrected chi connectivity index (χ2v) is 6.18. The van der Waals surface area contributed by atoms with E-state index in [1.54, 1.807) is 0 Å². The molecule has 0 aliphatic heterocycles. The maximum absolute atomic E-state index is 6.49. The maximum Gasteiger partial charge on any atom is 0.0564 e. The summed E-state index contributed by atoms with van der Waals surface area (Å²) in [5.41, 5.74) is 3.48. The molecule has 0 bridgehead atoms. The summed E-state index contributed by atoms with van der Waals surface area (Å²) in [5.74, 6) is 0.720. The van der Waals surface area contributed by atoms with Gasteiger partial charge < -0.3 is 0 Å². The molecule has 0 spiro atoms. The van der Waals surface area contributed by atoms with Crippen LogP contribution in [0, 0.1) is 12.8 Å². The van der Waals surface area contributed by atoms with Gasteiger partial charge in [0.1, 0.15) is 0 Å². The van der Waals surface area contributed by atoms with E-state index < -0.39 is 0 Å². The maximum atomic E-state index is 6.49. The van der Waals surface area contributed by atoms with Crippen molar-refractivity contribution in [2.45, 2.75) is 31.6 Å². The molecule has 1 saturated carbocycles. The molecule has 86 valence electrons. The first-order valence-corrected chi connectivity index (χ1v) is 6.21. The summed E-state index contributed by atoms with van der Waals surface area (Å²) in [6.07, 6.45) is 0. The van der Waals surface area contributed by atoms with Gasteiger partial charge in [-0.05, 0) is 38.0 Å². The largest absolute Gasteiger partial charge is 0.118 e. The molecule has 0 aromatic heterocycles. The smallest absolute Gasteiger partial charge is 0.0564 e. The standard InChI is InChI=1S/C14H16Cl2/c1-8(2)12-13(14(12,4)16)10-6-5-9(3)11(15)7-10/h5-7,12-13H,1H2,2-4H3. The van der Waals surface area contributed by atoms with E-state index in [0.717, 1.165) is 16.2 Å². The fourth-order valence-electron chi connectivity index (χ4n) is 2.57. The van der Waals surface area contributed by atoms with Crippen molar-refractivity contribution >= 4 is 23.2 Å². The Kier molecular flexibility index (Phi) is 2.84. The van der Waals surface area contributed by atoms with Crippen molar-refractivity contribution in [3.05, 3.63) is 46.5 Å². The van der Waals surface area contributed by atoms with Gasteiger partial charge in [0.15, 0.2) is 0 Å². The van der Waals surface area contributed by atoms with Crippen LogP contribution in [0.3, 0.4) is 0 Å². The molecule has 2 heteroatoms. The van der Waals surface area contributed by atoms with Gasteiger partial charge in [-0.15, -0.1) is 11.6 Å². The van der Waals surface area contributed by atoms with Gasteiger partial charge in [0.2, 0.25) is 0 Å². The Hall–Kier alpha value is -0.460. The zero-order chi connectivity index (χ0) is 12.1. The topological polar surface area (TPSA) is 0 Å². The summed E-state index contributed by atoms with van der Waals surface area (Å²) in [6, 6.07) is 6.21. The number of rotatable bonds is 2. The first-order valence-electron chi connectivity index (χ1n) is 5.46. The molecule has 0 heterocycles. The predicted octanol–water partition coefficient (Wildman–Crippen LogP) is 4.94. The fourth-order valence-corrected chi connectivity index (χ4v) is 3.26. The molecule has 3 atom stereocenters. The highest BCUT2D eigenvalue weighted by atomic mass is 35.5. The van der Waals surface area contributed by atoms with E-state index in [-0.39, 0.29) is 4.87 Å². The van der Waals surface area contributed by atoms with Crippen molar-refractivity contribution in [3.63, 3.8) is 0 Å². The van der Waals surface area contributed by atoms with Gasteiger partial charge in [0, 0.05) is 16.9 Å². The Labute approximate surface area is 107 Å². The van der Waals surface area contributed by atoms with Gasteiger partial charge in [-0.2, -0.15) is 0 Å². The van der Waals surface area contributed by atoms with Gasteiger partial charge in [-0.1, -0.05) is 35.9 Å². The highest BCUT2D eigenvalue weighted by molar-refractivity contribution is 6.31. The summed E-state index contributed by atoms with van der Waals surface area (Å²) < 4.78 is 0. The SMILES string of the molecule is C=C(C)C1C(c2ccc(C)c(Cl)c2)C1(C)Cl. The van der Waals surface area contributed by atoms with Gasteiger partial charge in [0.25, 0.3) is 0 Å². The third-order valence-electron chi connectivity index (χ3n) is 3.53. The van der Waals surface area contributed by atoms with Crippen LogP contribution < -0.4 is 0 Å². The Morgan fingerprint density at radius 1 is 1.44 bits per heavy atom. The van der Waals surface area contributed by atoms with Crippen LogP contribution in [0.4, 0.5) is 0 Å². The van der Waals surface area contributed by atoms with Crippen LogP contribution in [0.5, 0.6) is 0 Å². The molecule has 16 heavy (non-hydrogen) atoms. The molecule has 0 nitrogen and oxygen atoms in total. The lowest BCUT2D eigenvalue weighted by Gasteiger charge is -2.04. The van der Waals surface area contributed by atoms with Crippen LogP contribution in [0.25, 0.3) is 0 Å². The van der Waals surface area contributed by atoms with Crippen LogP contribution in [-0.2, 0) is 0 Å². The molecule has 1 aliphatic rings. The summed E-state index contributed by atoms with van der Waals surface area (Å²) in [6.45, 7) is 10.1. The molecule has 1 fully saturated rings. The summed E-state index contributed by atoms with van der Waals surface area (Å²) in [4.78, 5) is -0.190. The second-order valence-electron chi connectivity index (χ2n) is 4.96. The number of allylic oxidation sites excluding steroid dienone is 1. The van der Waals surface area contributed by atoms with Crippen molar-refractivity contribution < 1.29 is 0 Å². The van der Waals surface area contributed by atoms with Gasteiger partial charge in [-0.3, -0.25) is 0 Å². The van der Waals surface area contributed by atoms with Crippen LogP contribution in [0.15, 0.2) is 30.4 Å². The summed E-state index contributed by atoms with van der Waals surface area (Å²) in [5, 5.41) is 0.817. The van der Waals surface area contributed by atoms with E-state index in [2.05, 4.69) is 25.6 Å². The zero-order valence-electron chi connectivity index (χ0n) is 9.85. The quantitative estimate of drug-likeness (QED) is 0.519. The lowest BCUT2D eigenvalue weighted by Crippen LogP contribution is -1.95. The first-order chi connectivity index (χ1) is 7.35. The molecular weight excluding hydrogens is 239 g/mol. The average Bonchev–Trinajstić information content (AvgIpc) is 2.74. The number of alkyl halides is 1. The first kappa shape index (κ1) is 12.0. The monoisotopic (exact) mass is 254 g/mol. The van der Waals surface area contributed by atoms with Gasteiger partial charge in [-0.25, -0.2) is 0 Å². The van der Waals surface area contributed by atoms with E-state index in [0.29, 0.717) is 11.8 Å². The summed E-state index contributed by atoms with van der Waals surface area (Å²) >= 11 is 12.6. The Morgan fingerprint density at radius 2 is 2.06 bits per heavy atom. The Morgan fingerprint density at radius 3 is 2.50 bits per heavy atom. The molecule has 0 radical (unpaired) electrons. The Bertz CT molecular complexity index is 446. The number of hydrogen-bond acceptors (Lipinski definition) is 0. The molecule has 1 aromatic carbocycles. The van der Waals surface area contributed by atoms with E-state index >= 15 is 0 Å². The molecule has 1 aromatic rings. The van der Waals surface area contributed by atoms with Gasteiger partial charge in [0.05, 0.1) is 4.87 Å². The zero-order valence-corrected chi connectivity index (χ0v) is 11.4. The number of hydrogen-bond donors (Lipinski definition) is 0. The van der Waals surface area contributed by atoms with Crippen LogP contribution >= 0.6 is 23.2 Å². The molecule has 0 N–H and O–H groups in total. The predicted molar refractivity (Wildman–Crippen MR) is 71.5 cm³/mol. The lowest BCUT2D eigenvalue weighted by molar-refractivity contribution is 0.894. The van der Waals surface area contributed by atoms with Crippen molar-refractivity contribution in [2.24, 2.45) is 5.92 Å². The van der Waals surface area contributed by atoms with Crippen LogP contribution in [0.2, 0.25) is 5.02 Å². The fraction of sp³-hybridized carbons (Fsp3) is 0.429. The third kappa shape index (κ3) is 1.78. The van der Waals surface area contributed by atoms with Crippen molar-refractivity contribution in [1.29, 1.82) is 0 Å². The summed E-state index contributed by atoms with van der Waals surface area (Å²) in [7, 11) is 0. The molecule has 0 amide bonds. The minimum atomic E-state index is -0.190. The molecule has 1 aliphatic carbocycles. The minimum Gasteiger partial charge on any atom is -0.118 e. The molecule has 0 saturated heterocycles. The Balaban J connectivity index is 2.33. The minimum absolute atomic E-state index is 0.190. The number of aryl methyl sites for hydroxylation is 1. The number of halogens is 2. The molecule has 2 rings (SSSR count).